The molecular weight excluding hydrogens is 264 g/mol. The van der Waals surface area contributed by atoms with Gasteiger partial charge in [0.2, 0.25) is 0 Å². The molecule has 104 valence electrons. The van der Waals surface area contributed by atoms with Gasteiger partial charge in [-0.2, -0.15) is 10.5 Å². The van der Waals surface area contributed by atoms with E-state index < -0.39 is 11.5 Å². The maximum atomic E-state index is 9.82. The Kier molecular flexibility index (Phi) is 3.82. The highest BCUT2D eigenvalue weighted by Gasteiger charge is 2.18. The lowest BCUT2D eigenvalue weighted by atomic mass is 9.92. The third-order valence-corrected chi connectivity index (χ3v) is 3.49. The van der Waals surface area contributed by atoms with E-state index in [1.165, 1.54) is 6.07 Å². The molecule has 4 nitrogen and oxygen atoms in total. The van der Waals surface area contributed by atoms with Gasteiger partial charge in [0.1, 0.15) is 11.6 Å². The number of aromatic hydroxyl groups is 2. The molecule has 0 aromatic heterocycles. The molecule has 0 aliphatic carbocycles. The Morgan fingerprint density at radius 2 is 1.76 bits per heavy atom. The lowest BCUT2D eigenvalue weighted by Gasteiger charge is -2.12. The van der Waals surface area contributed by atoms with Crippen LogP contribution in [0.3, 0.4) is 0 Å². The van der Waals surface area contributed by atoms with E-state index in [9.17, 15) is 20.7 Å². The van der Waals surface area contributed by atoms with Gasteiger partial charge in [-0.3, -0.25) is 0 Å². The first-order valence-electron chi connectivity index (χ1n) is 6.42. The van der Waals surface area contributed by atoms with Crippen molar-refractivity contribution in [3.05, 3.63) is 57.6 Å². The van der Waals surface area contributed by atoms with Crippen molar-refractivity contribution in [2.75, 3.05) is 0 Å². The standard InChI is InChI=1S/C17H14N2O2/c1-10-3-4-11(2)12(5-10)6-14-13(8-18)7-16(20)17(21)15(14)9-19/h3-5,7,20-21H,6H2,1-2H3. The zero-order valence-electron chi connectivity index (χ0n) is 11.8. The highest BCUT2D eigenvalue weighted by Crippen LogP contribution is 2.35. The summed E-state index contributed by atoms with van der Waals surface area (Å²) in [7, 11) is 0. The van der Waals surface area contributed by atoms with E-state index in [0.717, 1.165) is 16.7 Å². The van der Waals surface area contributed by atoms with Crippen molar-refractivity contribution in [1.29, 1.82) is 10.5 Å². The third-order valence-electron chi connectivity index (χ3n) is 3.49. The molecule has 0 heterocycles. The largest absolute Gasteiger partial charge is 0.504 e. The molecule has 4 heteroatoms. The maximum Gasteiger partial charge on any atom is 0.175 e. The molecule has 2 aromatic carbocycles. The quantitative estimate of drug-likeness (QED) is 0.826. The number of nitriles is 2. The van der Waals surface area contributed by atoms with Crippen LogP contribution in [0.2, 0.25) is 0 Å². The second kappa shape index (κ2) is 5.56. The molecule has 2 aromatic rings. The summed E-state index contributed by atoms with van der Waals surface area (Å²) in [5, 5.41) is 37.8. The van der Waals surface area contributed by atoms with Crippen molar-refractivity contribution in [2.45, 2.75) is 20.3 Å². The van der Waals surface area contributed by atoms with Crippen LogP contribution < -0.4 is 0 Å². The molecule has 0 bridgehead atoms. The molecule has 0 aliphatic heterocycles. The van der Waals surface area contributed by atoms with E-state index in [2.05, 4.69) is 0 Å². The van der Waals surface area contributed by atoms with Crippen LogP contribution in [0.25, 0.3) is 0 Å². The van der Waals surface area contributed by atoms with Crippen LogP contribution in [0.5, 0.6) is 11.5 Å². The molecule has 0 saturated carbocycles. The summed E-state index contributed by atoms with van der Waals surface area (Å²) < 4.78 is 0. The Morgan fingerprint density at radius 1 is 1.05 bits per heavy atom. The van der Waals surface area contributed by atoms with Gasteiger partial charge in [-0.15, -0.1) is 0 Å². The first-order chi connectivity index (χ1) is 9.97. The zero-order chi connectivity index (χ0) is 15.6. The van der Waals surface area contributed by atoms with E-state index in [0.29, 0.717) is 12.0 Å². The number of phenols is 2. The Hall–Kier alpha value is -2.98. The number of benzene rings is 2. The molecule has 0 atom stereocenters. The first kappa shape index (κ1) is 14.4. The van der Waals surface area contributed by atoms with Gasteiger partial charge >= 0.3 is 0 Å². The summed E-state index contributed by atoms with van der Waals surface area (Å²) in [6.45, 7) is 3.92. The smallest absolute Gasteiger partial charge is 0.175 e. The average molecular weight is 278 g/mol. The second-order valence-electron chi connectivity index (χ2n) is 4.98. The van der Waals surface area contributed by atoms with Gasteiger partial charge in [0, 0.05) is 12.5 Å². The predicted molar refractivity (Wildman–Crippen MR) is 77.9 cm³/mol. The summed E-state index contributed by atoms with van der Waals surface area (Å²) in [6.07, 6.45) is 0.354. The lowest BCUT2D eigenvalue weighted by Crippen LogP contribution is -2.00. The van der Waals surface area contributed by atoms with Gasteiger partial charge < -0.3 is 10.2 Å². The minimum atomic E-state index is -0.475. The summed E-state index contributed by atoms with van der Waals surface area (Å²) >= 11 is 0. The van der Waals surface area contributed by atoms with Crippen molar-refractivity contribution in [3.8, 4) is 23.6 Å². The molecule has 0 radical (unpaired) electrons. The fourth-order valence-electron chi connectivity index (χ4n) is 2.28. The third kappa shape index (κ3) is 2.66. The van der Waals surface area contributed by atoms with Gasteiger partial charge in [0.25, 0.3) is 0 Å². The van der Waals surface area contributed by atoms with Crippen LogP contribution in [0.4, 0.5) is 0 Å². The number of rotatable bonds is 2. The van der Waals surface area contributed by atoms with Crippen LogP contribution >= 0.6 is 0 Å². The monoisotopic (exact) mass is 278 g/mol. The lowest BCUT2D eigenvalue weighted by molar-refractivity contribution is 0.402. The van der Waals surface area contributed by atoms with Crippen molar-refractivity contribution in [3.63, 3.8) is 0 Å². The topological polar surface area (TPSA) is 88.0 Å². The van der Waals surface area contributed by atoms with E-state index in [4.69, 9.17) is 0 Å². The summed E-state index contributed by atoms with van der Waals surface area (Å²) in [4.78, 5) is 0. The molecule has 2 rings (SSSR count). The maximum absolute atomic E-state index is 9.82. The molecule has 2 N–H and O–H groups in total. The van der Waals surface area contributed by atoms with Crippen LogP contribution in [0.15, 0.2) is 24.3 Å². The first-order valence-corrected chi connectivity index (χ1v) is 6.42. The van der Waals surface area contributed by atoms with E-state index >= 15 is 0 Å². The minimum Gasteiger partial charge on any atom is -0.504 e. The van der Waals surface area contributed by atoms with Crippen molar-refractivity contribution < 1.29 is 10.2 Å². The summed E-state index contributed by atoms with van der Waals surface area (Å²) in [6, 6.07) is 11.0. The number of nitrogens with zero attached hydrogens (tertiary/aromatic N) is 2. The van der Waals surface area contributed by atoms with Gasteiger partial charge in [-0.1, -0.05) is 23.8 Å². The fourth-order valence-corrected chi connectivity index (χ4v) is 2.28. The van der Waals surface area contributed by atoms with Crippen LogP contribution in [-0.2, 0) is 6.42 Å². The Labute approximate surface area is 123 Å². The van der Waals surface area contributed by atoms with E-state index in [-0.39, 0.29) is 11.1 Å². The molecule has 0 spiro atoms. The van der Waals surface area contributed by atoms with Crippen LogP contribution in [0.1, 0.15) is 33.4 Å². The van der Waals surface area contributed by atoms with Gasteiger partial charge in [-0.05, 0) is 30.5 Å². The van der Waals surface area contributed by atoms with Crippen molar-refractivity contribution in [1.82, 2.24) is 0 Å². The van der Waals surface area contributed by atoms with Gasteiger partial charge in [0.05, 0.1) is 11.6 Å². The van der Waals surface area contributed by atoms with Gasteiger partial charge in [-0.25, -0.2) is 0 Å². The Bertz CT molecular complexity index is 796. The normalized spacial score (nSPS) is 9.90. The molecule has 0 amide bonds. The molecule has 0 aliphatic rings. The molecule has 0 saturated heterocycles. The van der Waals surface area contributed by atoms with E-state index in [1.807, 2.05) is 44.2 Å². The average Bonchev–Trinajstić information content (AvgIpc) is 2.46. The van der Waals surface area contributed by atoms with Gasteiger partial charge in [0.15, 0.2) is 11.5 Å². The zero-order valence-corrected chi connectivity index (χ0v) is 11.8. The fraction of sp³-hybridized carbons (Fsp3) is 0.176. The second-order valence-corrected chi connectivity index (χ2v) is 4.98. The molecule has 21 heavy (non-hydrogen) atoms. The summed E-state index contributed by atoms with van der Waals surface area (Å²) in [5.74, 6) is -0.926. The highest BCUT2D eigenvalue weighted by atomic mass is 16.3. The number of hydrogen-bond donors (Lipinski definition) is 2. The van der Waals surface area contributed by atoms with E-state index in [1.54, 1.807) is 0 Å². The predicted octanol–water partition coefficient (Wildman–Crippen LogP) is 3.05. The molecule has 0 fully saturated rings. The Morgan fingerprint density at radius 3 is 2.38 bits per heavy atom. The van der Waals surface area contributed by atoms with Crippen LogP contribution in [0, 0.1) is 36.5 Å². The summed E-state index contributed by atoms with van der Waals surface area (Å²) in [5.41, 5.74) is 3.68. The number of aryl methyl sites for hydroxylation is 2. The molecular formula is C17H14N2O2. The Balaban J connectivity index is 2.64. The number of hydrogen-bond acceptors (Lipinski definition) is 4. The SMILES string of the molecule is Cc1ccc(C)c(Cc2c(C#N)cc(O)c(O)c2C#N)c1. The highest BCUT2D eigenvalue weighted by molar-refractivity contribution is 5.62. The minimum absolute atomic E-state index is 0.0487. The molecule has 0 unspecified atom stereocenters. The van der Waals surface area contributed by atoms with Crippen LogP contribution in [-0.4, -0.2) is 10.2 Å². The number of phenolic OH excluding ortho intramolecular Hbond substituents is 2. The van der Waals surface area contributed by atoms with Crippen molar-refractivity contribution >= 4 is 0 Å². The van der Waals surface area contributed by atoms with Crippen molar-refractivity contribution in [2.24, 2.45) is 0 Å².